The molecule has 0 radical (unpaired) electrons. The van der Waals surface area contributed by atoms with E-state index in [4.69, 9.17) is 20.8 Å². The first-order valence-corrected chi connectivity index (χ1v) is 6.71. The van der Waals surface area contributed by atoms with Crippen molar-refractivity contribution < 1.29 is 26.3 Å². The predicted octanol–water partition coefficient (Wildman–Crippen LogP) is -9.16. The van der Waals surface area contributed by atoms with E-state index >= 15 is 0 Å². The third-order valence-corrected chi connectivity index (χ3v) is 0. The molecule has 0 spiro atoms. The van der Waals surface area contributed by atoms with Crippen LogP contribution in [0.15, 0.2) is 0 Å². The Hall–Kier alpha value is 1.18. The van der Waals surface area contributed by atoms with Gasteiger partial charge in [0.15, 0.2) is 0 Å². The van der Waals surface area contributed by atoms with Crippen LogP contribution in [-0.4, -0.2) is 58.4 Å². The summed E-state index contributed by atoms with van der Waals surface area (Å²) in [5.74, 6) is 0. The Morgan fingerprint density at radius 1 is 0.500 bits per heavy atom. The van der Waals surface area contributed by atoms with Gasteiger partial charge in [-0.2, -0.15) is 0 Å². The van der Waals surface area contributed by atoms with Crippen molar-refractivity contribution in [2.45, 2.75) is 0 Å². The molecule has 56 valence electrons. The molecule has 0 aliphatic heterocycles. The summed E-state index contributed by atoms with van der Waals surface area (Å²) in [6, 6.07) is 0. The zero-order chi connectivity index (χ0) is 6.41. The second-order valence-electron chi connectivity index (χ2n) is 1.02. The Labute approximate surface area is 84.6 Å². The summed E-state index contributed by atoms with van der Waals surface area (Å²) >= 11 is -9.68. The molecule has 0 saturated heterocycles. The first kappa shape index (κ1) is 37.9. The quantitative estimate of drug-likeness (QED) is 0.398. The van der Waals surface area contributed by atoms with Crippen LogP contribution in [0.3, 0.4) is 0 Å². The molecular formula is Be4O7Te. The molecule has 0 aromatic carbocycles. The van der Waals surface area contributed by atoms with Crippen LogP contribution in [0.2, 0.25) is 0 Å². The fourth-order valence-electron chi connectivity index (χ4n) is 0. The maximum atomic E-state index is 8.67. The van der Waals surface area contributed by atoms with Gasteiger partial charge in [0.1, 0.15) is 0 Å². The van der Waals surface area contributed by atoms with E-state index in [0.29, 0.717) is 0 Å². The van der Waals surface area contributed by atoms with Crippen molar-refractivity contribution in [3.05, 3.63) is 0 Å². The van der Waals surface area contributed by atoms with E-state index < -0.39 is 17.9 Å². The van der Waals surface area contributed by atoms with E-state index in [2.05, 4.69) is 0 Å². The van der Waals surface area contributed by atoms with Crippen molar-refractivity contribution >= 4 is 58.4 Å². The van der Waals surface area contributed by atoms with Crippen LogP contribution in [-0.2, 0) is 5.48 Å². The second kappa shape index (κ2) is 5.82. The second-order valence-corrected chi connectivity index (χ2v) is 6.85. The van der Waals surface area contributed by atoms with Crippen LogP contribution in [0.1, 0.15) is 0 Å². The van der Waals surface area contributed by atoms with Crippen molar-refractivity contribution in [3.8, 4) is 0 Å². The molecule has 0 rings (SSSR count). The zero-order valence-electron chi connectivity index (χ0n) is 6.09. The van der Waals surface area contributed by atoms with Crippen LogP contribution < -0.4 is 20.8 Å². The molecule has 12 heteroatoms. The molecule has 0 unspecified atom stereocenters. The molecule has 0 aliphatic rings. The van der Waals surface area contributed by atoms with Gasteiger partial charge in [-0.3, -0.25) is 0 Å². The molecule has 0 bridgehead atoms. The summed E-state index contributed by atoms with van der Waals surface area (Å²) in [4.78, 5) is 0. The zero-order valence-corrected chi connectivity index (χ0v) is 8.42. The van der Waals surface area contributed by atoms with Crippen LogP contribution in [0.25, 0.3) is 0 Å². The minimum atomic E-state index is -9.68. The molecule has 12 heavy (non-hydrogen) atoms. The molecule has 0 saturated carbocycles. The summed E-state index contributed by atoms with van der Waals surface area (Å²) in [7, 11) is 0. The van der Waals surface area contributed by atoms with Crippen molar-refractivity contribution in [1.29, 1.82) is 0 Å². The van der Waals surface area contributed by atoms with Gasteiger partial charge < -0.3 is 5.48 Å². The maximum absolute atomic E-state index is 9.68. The van der Waals surface area contributed by atoms with Gasteiger partial charge in [-0.15, -0.1) is 0 Å². The molecule has 0 atom stereocenters. The van der Waals surface area contributed by atoms with Gasteiger partial charge >= 0.3 is 79.2 Å². The fraction of sp³-hybridized carbons (Fsp3) is 0. The summed E-state index contributed by atoms with van der Waals surface area (Å²) in [6.45, 7) is 0. The summed E-state index contributed by atoms with van der Waals surface area (Å²) in [6.07, 6.45) is 0. The third kappa shape index (κ3) is 826. The molecular weight excluding hydrogens is 276 g/mol. The molecule has 0 fully saturated rings. The fourth-order valence-corrected chi connectivity index (χ4v) is 0. The SMILES string of the molecule is [Be+2].[Be+2].[Be+2].[Be+2].[O-2].[O-][Te]([O-])([O-])([O-])([O-])[O-]. The molecule has 0 aromatic rings. The van der Waals surface area contributed by atoms with Gasteiger partial charge in [-0.25, -0.2) is 0 Å². The molecule has 0 amide bonds. The first-order valence-electron chi connectivity index (χ1n) is 1.00. The number of hydrogen-bond acceptors (Lipinski definition) is 6. The Morgan fingerprint density at radius 2 is 0.500 bits per heavy atom. The van der Waals surface area contributed by atoms with Crippen LogP contribution in [0.4, 0.5) is 0 Å². The van der Waals surface area contributed by atoms with E-state index in [-0.39, 0.29) is 46.0 Å². The molecule has 0 aromatic heterocycles. The van der Waals surface area contributed by atoms with Crippen LogP contribution in [0, 0.1) is 0 Å². The monoisotopic (exact) mass is 278 g/mol. The Kier molecular flexibility index (Phi) is 18.4. The van der Waals surface area contributed by atoms with Gasteiger partial charge in [0.25, 0.3) is 0 Å². The first-order chi connectivity index (χ1) is 2.45. The summed E-state index contributed by atoms with van der Waals surface area (Å²) < 4.78 is 52.0. The Morgan fingerprint density at radius 3 is 0.500 bits per heavy atom. The van der Waals surface area contributed by atoms with Gasteiger partial charge in [0.2, 0.25) is 0 Å². The van der Waals surface area contributed by atoms with Crippen molar-refractivity contribution in [3.63, 3.8) is 0 Å². The van der Waals surface area contributed by atoms with E-state index in [0.717, 1.165) is 0 Å². The number of hydrogen-bond donors (Lipinski definition) is 0. The normalized spacial score (nSPS) is 13.5. The molecule has 0 heterocycles. The van der Waals surface area contributed by atoms with Gasteiger partial charge in [0.05, 0.1) is 0 Å². The van der Waals surface area contributed by atoms with Crippen LogP contribution >= 0.6 is 0 Å². The van der Waals surface area contributed by atoms with Gasteiger partial charge in [-0.1, -0.05) is 0 Å². The molecule has 0 aliphatic carbocycles. The summed E-state index contributed by atoms with van der Waals surface area (Å²) in [5, 5.41) is 0. The van der Waals surface area contributed by atoms with Crippen molar-refractivity contribution in [1.82, 2.24) is 0 Å². The predicted molar refractivity (Wildman–Crippen MR) is 29.5 cm³/mol. The Bertz CT molecular complexity index is 74.0. The van der Waals surface area contributed by atoms with Gasteiger partial charge in [-0.05, 0) is 0 Å². The standard InChI is InChI=1S/4Be.H6O6Te.O/c;;;;1-7(2,3,4,5)6;/h;;;;1-6H;/q4*+2;;-2/p-6. The van der Waals surface area contributed by atoms with Crippen molar-refractivity contribution in [2.24, 2.45) is 0 Å². The summed E-state index contributed by atoms with van der Waals surface area (Å²) in [5.41, 5.74) is 0. The average Bonchev–Trinajstić information content (AvgIpc) is 0.592. The number of rotatable bonds is 0. The van der Waals surface area contributed by atoms with E-state index in [1.807, 2.05) is 0 Å². The van der Waals surface area contributed by atoms with E-state index in [9.17, 15) is 0 Å². The van der Waals surface area contributed by atoms with Crippen LogP contribution in [0.5, 0.6) is 0 Å². The Balaban J connectivity index is -0.0000000180. The minimum absolute atomic E-state index is 0. The third-order valence-electron chi connectivity index (χ3n) is 0. The van der Waals surface area contributed by atoms with Crippen molar-refractivity contribution in [2.75, 3.05) is 0 Å². The molecule has 7 nitrogen and oxygen atoms in total. The molecule has 0 N–H and O–H groups in total. The van der Waals surface area contributed by atoms with E-state index in [1.54, 1.807) is 0 Å². The topological polar surface area (TPSA) is 167 Å². The van der Waals surface area contributed by atoms with E-state index in [1.165, 1.54) is 0 Å². The average molecular weight is 276 g/mol. The van der Waals surface area contributed by atoms with Gasteiger partial charge in [0, 0.05) is 0 Å².